The van der Waals surface area contributed by atoms with Crippen LogP contribution in [0.1, 0.15) is 35.7 Å². The van der Waals surface area contributed by atoms with Gasteiger partial charge in [-0.15, -0.1) is 0 Å². The predicted octanol–water partition coefficient (Wildman–Crippen LogP) is 3.97. The van der Waals surface area contributed by atoms with Gasteiger partial charge >= 0.3 is 17.9 Å². The van der Waals surface area contributed by atoms with Crippen molar-refractivity contribution in [2.75, 3.05) is 33.5 Å². The first kappa shape index (κ1) is 29.9. The Kier molecular flexibility index (Phi) is 9.61. The molecule has 1 aromatic heterocycles. The van der Waals surface area contributed by atoms with E-state index in [1.54, 1.807) is 26.0 Å². The Bertz CT molecular complexity index is 1600. The van der Waals surface area contributed by atoms with Gasteiger partial charge in [0.05, 0.1) is 39.7 Å². The molecule has 42 heavy (non-hydrogen) atoms. The number of nitrogens with one attached hydrogen (secondary N) is 1. The number of fused-ring (bicyclic) bond motifs is 1. The minimum atomic E-state index is -1.17. The quantitative estimate of drug-likeness (QED) is 0.116. The molecule has 2 aromatic carbocycles. The van der Waals surface area contributed by atoms with Gasteiger partial charge in [-0.2, -0.15) is 0 Å². The Morgan fingerprint density at radius 3 is 2.07 bits per heavy atom. The van der Waals surface area contributed by atoms with Gasteiger partial charge in [-0.25, -0.2) is 14.4 Å². The average Bonchev–Trinajstić information content (AvgIpc) is 2.98. The fourth-order valence-corrected chi connectivity index (χ4v) is 4.65. The lowest BCUT2D eigenvalue weighted by atomic mass is 9.79. The van der Waals surface area contributed by atoms with Crippen molar-refractivity contribution < 1.29 is 38.3 Å². The molecule has 0 radical (unpaired) electrons. The van der Waals surface area contributed by atoms with Gasteiger partial charge in [0.2, 0.25) is 0 Å². The zero-order valence-electron chi connectivity index (χ0n) is 23.2. The molecule has 12 nitrogen and oxygen atoms in total. The van der Waals surface area contributed by atoms with Crippen LogP contribution in [0, 0.1) is 10.1 Å². The normalized spacial score (nSPS) is 14.8. The number of methoxy groups -OCH3 is 1. The van der Waals surface area contributed by atoms with E-state index in [0.29, 0.717) is 11.4 Å². The number of nitro benzene ring substituents is 1. The summed E-state index contributed by atoms with van der Waals surface area (Å²) in [5.74, 6) is -3.42. The first-order chi connectivity index (χ1) is 20.2. The van der Waals surface area contributed by atoms with Crippen molar-refractivity contribution in [1.82, 2.24) is 10.3 Å². The van der Waals surface area contributed by atoms with Crippen LogP contribution in [0.5, 0.6) is 0 Å². The molecule has 12 heteroatoms. The molecule has 0 spiro atoms. The number of ether oxygens (including phenoxy) is 4. The predicted molar refractivity (Wildman–Crippen MR) is 150 cm³/mol. The molecule has 0 bridgehead atoms. The molecule has 4 rings (SSSR count). The number of pyridine rings is 1. The number of allylic oxidation sites excluding steroid dienone is 2. The second-order valence-corrected chi connectivity index (χ2v) is 9.27. The van der Waals surface area contributed by atoms with Crippen molar-refractivity contribution in [3.63, 3.8) is 0 Å². The average molecular weight is 576 g/mol. The number of dihydropyridines is 1. The highest BCUT2D eigenvalue weighted by Crippen LogP contribution is 2.42. The van der Waals surface area contributed by atoms with Crippen molar-refractivity contribution in [3.8, 4) is 0 Å². The van der Waals surface area contributed by atoms with Gasteiger partial charge in [-0.05, 0) is 26.0 Å². The lowest BCUT2D eigenvalue weighted by Gasteiger charge is -2.30. The van der Waals surface area contributed by atoms with E-state index in [1.165, 1.54) is 31.5 Å². The number of nitro groups is 1. The molecular formula is C30H29N3O9. The van der Waals surface area contributed by atoms with E-state index in [0.717, 1.165) is 10.9 Å². The van der Waals surface area contributed by atoms with E-state index < -0.39 is 28.7 Å². The highest BCUT2D eigenvalue weighted by Gasteiger charge is 2.41. The fraction of sp³-hybridized carbons (Fsp3) is 0.267. The van der Waals surface area contributed by atoms with Crippen molar-refractivity contribution >= 4 is 34.5 Å². The van der Waals surface area contributed by atoms with Crippen molar-refractivity contribution in [2.45, 2.75) is 19.8 Å². The second kappa shape index (κ2) is 13.5. The van der Waals surface area contributed by atoms with Crippen LogP contribution in [0.25, 0.3) is 10.9 Å². The first-order valence-corrected chi connectivity index (χ1v) is 13.0. The summed E-state index contributed by atoms with van der Waals surface area (Å²) >= 11 is 0. The number of carbonyl (C=O) groups excluding carboxylic acids is 3. The lowest BCUT2D eigenvalue weighted by Crippen LogP contribution is -2.33. The number of esters is 3. The number of carbonyl (C=O) groups is 3. The summed E-state index contributed by atoms with van der Waals surface area (Å²) in [6, 6.07) is 14.8. The second-order valence-electron chi connectivity index (χ2n) is 9.27. The number of hydrogen-bond acceptors (Lipinski definition) is 11. The van der Waals surface area contributed by atoms with Gasteiger partial charge in [0.25, 0.3) is 5.69 Å². The van der Waals surface area contributed by atoms with Crippen LogP contribution in [0.15, 0.2) is 83.3 Å². The zero-order chi connectivity index (χ0) is 30.2. The smallest absolute Gasteiger partial charge is 0.339 e. The summed E-state index contributed by atoms with van der Waals surface area (Å²) in [5.41, 5.74) is 1.52. The molecule has 1 aliphatic heterocycles. The number of nitrogens with zero attached hydrogens (tertiary/aromatic N) is 2. The van der Waals surface area contributed by atoms with Crippen LogP contribution in [0.4, 0.5) is 5.69 Å². The molecule has 1 N–H and O–H groups in total. The molecule has 0 amide bonds. The number of benzene rings is 2. The SMILES string of the molecule is COCCOC(=O)C1=C(C)NC(C)=C(C(=O)OCCOC(=O)c2cnc3ccccc3c2)C1c1ccccc1[N+](=O)[O-]. The molecule has 3 aromatic rings. The highest BCUT2D eigenvalue weighted by atomic mass is 16.6. The van der Waals surface area contributed by atoms with Gasteiger partial charge in [0, 0.05) is 41.7 Å². The zero-order valence-corrected chi connectivity index (χ0v) is 23.2. The third-order valence-corrected chi connectivity index (χ3v) is 6.54. The Hall–Kier alpha value is -5.10. The summed E-state index contributed by atoms with van der Waals surface area (Å²) in [6.07, 6.45) is 1.40. The summed E-state index contributed by atoms with van der Waals surface area (Å²) in [5, 5.41) is 15.7. The highest BCUT2D eigenvalue weighted by molar-refractivity contribution is 6.00. The Morgan fingerprint density at radius 2 is 1.43 bits per heavy atom. The van der Waals surface area contributed by atoms with Crippen molar-refractivity contribution in [3.05, 3.63) is 105 Å². The topological polar surface area (TPSA) is 156 Å². The van der Waals surface area contributed by atoms with E-state index in [1.807, 2.05) is 24.3 Å². The van der Waals surface area contributed by atoms with E-state index >= 15 is 0 Å². The van der Waals surface area contributed by atoms with Gasteiger partial charge in [0.1, 0.15) is 19.8 Å². The van der Waals surface area contributed by atoms with E-state index in [2.05, 4.69) is 10.3 Å². The molecule has 1 unspecified atom stereocenters. The van der Waals surface area contributed by atoms with Crippen molar-refractivity contribution in [2.24, 2.45) is 0 Å². The molecule has 0 saturated heterocycles. The fourth-order valence-electron chi connectivity index (χ4n) is 4.65. The number of para-hydroxylation sites is 2. The Morgan fingerprint density at radius 1 is 0.857 bits per heavy atom. The van der Waals surface area contributed by atoms with Crippen LogP contribution < -0.4 is 5.32 Å². The van der Waals surface area contributed by atoms with Gasteiger partial charge in [-0.3, -0.25) is 15.1 Å². The molecule has 1 atom stereocenters. The van der Waals surface area contributed by atoms with E-state index in [9.17, 15) is 24.5 Å². The van der Waals surface area contributed by atoms with Crippen LogP contribution in [-0.4, -0.2) is 61.4 Å². The van der Waals surface area contributed by atoms with Gasteiger partial charge < -0.3 is 24.3 Å². The molecule has 218 valence electrons. The molecule has 0 fully saturated rings. The third-order valence-electron chi connectivity index (χ3n) is 6.54. The molecule has 0 aliphatic carbocycles. The summed E-state index contributed by atoms with van der Waals surface area (Å²) in [7, 11) is 1.45. The lowest BCUT2D eigenvalue weighted by molar-refractivity contribution is -0.385. The minimum Gasteiger partial charge on any atom is -0.460 e. The summed E-state index contributed by atoms with van der Waals surface area (Å²) in [6.45, 7) is 2.73. The Balaban J connectivity index is 1.53. The van der Waals surface area contributed by atoms with Crippen LogP contribution in [0.2, 0.25) is 0 Å². The summed E-state index contributed by atoms with van der Waals surface area (Å²) in [4.78, 5) is 54.7. The van der Waals surface area contributed by atoms with Crippen molar-refractivity contribution in [1.29, 1.82) is 0 Å². The number of rotatable bonds is 11. The van der Waals surface area contributed by atoms with E-state index in [-0.39, 0.29) is 54.4 Å². The molecule has 0 saturated carbocycles. The number of aromatic nitrogens is 1. The molecule has 2 heterocycles. The molecule has 1 aliphatic rings. The maximum Gasteiger partial charge on any atom is 0.339 e. The Labute approximate surface area is 241 Å². The standard InChI is InChI=1S/C30H29N3O9/c1-18-25(29(35)41-13-12-39-3)27(22-9-5-7-11-24(22)33(37)38)26(19(2)32-18)30(36)42-15-14-40-28(34)21-16-20-8-4-6-10-23(20)31-17-21/h4-11,16-17,27,32H,12-15H2,1-3H3. The molecular weight excluding hydrogens is 546 g/mol. The van der Waals surface area contributed by atoms with Gasteiger partial charge in [-0.1, -0.05) is 36.4 Å². The minimum absolute atomic E-state index is 0.0151. The van der Waals surface area contributed by atoms with Crippen LogP contribution in [-0.2, 0) is 28.5 Å². The maximum absolute atomic E-state index is 13.4. The monoisotopic (exact) mass is 575 g/mol. The van der Waals surface area contributed by atoms with Gasteiger partial charge in [0.15, 0.2) is 0 Å². The van der Waals surface area contributed by atoms with Crippen LogP contribution in [0.3, 0.4) is 0 Å². The van der Waals surface area contributed by atoms with Crippen LogP contribution >= 0.6 is 0 Å². The maximum atomic E-state index is 13.4. The largest absolute Gasteiger partial charge is 0.460 e. The summed E-state index contributed by atoms with van der Waals surface area (Å²) < 4.78 is 21.0. The first-order valence-electron chi connectivity index (χ1n) is 13.0. The van der Waals surface area contributed by atoms with E-state index in [4.69, 9.17) is 18.9 Å². The third kappa shape index (κ3) is 6.61. The number of hydrogen-bond donors (Lipinski definition) is 1.